The van der Waals surface area contributed by atoms with Gasteiger partial charge in [0.15, 0.2) is 0 Å². The van der Waals surface area contributed by atoms with E-state index in [1.54, 1.807) is 0 Å². The molecule has 1 radical (unpaired) electrons. The molecule has 0 aliphatic carbocycles. The van der Waals surface area contributed by atoms with Crippen LogP contribution in [0.1, 0.15) is 12.0 Å². The van der Waals surface area contributed by atoms with Crippen molar-refractivity contribution in [3.8, 4) is 6.07 Å². The van der Waals surface area contributed by atoms with E-state index in [-0.39, 0.29) is 23.8 Å². The van der Waals surface area contributed by atoms with Gasteiger partial charge < -0.3 is 4.90 Å². The van der Waals surface area contributed by atoms with Gasteiger partial charge in [0, 0.05) is 13.0 Å². The summed E-state index contributed by atoms with van der Waals surface area (Å²) in [5, 5.41) is 13.3. The Morgan fingerprint density at radius 1 is 1.30 bits per heavy atom. The van der Waals surface area contributed by atoms with Crippen molar-refractivity contribution >= 4 is 43.2 Å². The van der Waals surface area contributed by atoms with Gasteiger partial charge in [-0.25, -0.2) is 0 Å². The minimum absolute atomic E-state index is 0.101. The second-order valence-electron chi connectivity index (χ2n) is 4.74. The quantitative estimate of drug-likeness (QED) is 0.709. The largest absolute Gasteiger partial charge is 0.350 e. The predicted octanol–water partition coefficient (Wildman–Crippen LogP) is 0.717. The Balaban J connectivity index is 2.24. The van der Waals surface area contributed by atoms with Crippen molar-refractivity contribution in [2.45, 2.75) is 11.0 Å². The molecule has 9 nitrogen and oxygen atoms in total. The molecule has 1 aromatic carbocycles. The lowest BCUT2D eigenvalue weighted by Crippen LogP contribution is -2.34. The Morgan fingerprint density at radius 2 is 1.91 bits per heavy atom. The van der Waals surface area contributed by atoms with Gasteiger partial charge in [0.05, 0.1) is 22.0 Å². The van der Waals surface area contributed by atoms with Crippen LogP contribution in [-0.4, -0.2) is 43.7 Å². The standard InChI is InChI=1S/C11H11ClN3O6S2/c12-8-4-9-10(3-7(8)5-13)15(6-14-9)2-1-11(22(16,17)18)23(19,20)21/h3-4,11H,1-2,6H2,(H,16,17,18)(H,19,20,21). The SMILES string of the molecule is N#Cc1cc2c(cc1Cl)[N]CN2CCC(S(=O)(=O)O)S(=O)(=O)O. The van der Waals surface area contributed by atoms with Gasteiger partial charge >= 0.3 is 0 Å². The summed E-state index contributed by atoms with van der Waals surface area (Å²) in [6.07, 6.45) is -0.572. The Labute approximate surface area is 138 Å². The first kappa shape index (κ1) is 17.8. The van der Waals surface area contributed by atoms with Gasteiger partial charge in [-0.1, -0.05) is 11.6 Å². The predicted molar refractivity (Wildman–Crippen MR) is 81.7 cm³/mol. The summed E-state index contributed by atoms with van der Waals surface area (Å²) in [7, 11) is -9.96. The van der Waals surface area contributed by atoms with Crippen LogP contribution in [0.2, 0.25) is 5.02 Å². The average molecular weight is 381 g/mol. The first-order valence-corrected chi connectivity index (χ1v) is 9.51. The number of benzene rings is 1. The van der Waals surface area contributed by atoms with Gasteiger partial charge in [0.2, 0.25) is 4.58 Å². The summed E-state index contributed by atoms with van der Waals surface area (Å²) in [4.78, 5) is 1.51. The van der Waals surface area contributed by atoms with E-state index >= 15 is 0 Å². The monoisotopic (exact) mass is 380 g/mol. The number of nitrogens with zero attached hydrogens (tertiary/aromatic N) is 3. The fraction of sp³-hybridized carbons (Fsp3) is 0.364. The summed E-state index contributed by atoms with van der Waals surface area (Å²) < 4.78 is 59.9. The highest BCUT2D eigenvalue weighted by molar-refractivity contribution is 8.03. The van der Waals surface area contributed by atoms with Crippen LogP contribution >= 0.6 is 11.6 Å². The van der Waals surface area contributed by atoms with E-state index in [0.717, 1.165) is 0 Å². The molecule has 0 saturated heterocycles. The van der Waals surface area contributed by atoms with Gasteiger partial charge in [0.1, 0.15) is 12.7 Å². The van der Waals surface area contributed by atoms with Crippen molar-refractivity contribution in [2.75, 3.05) is 18.1 Å². The number of fused-ring (bicyclic) bond motifs is 1. The molecule has 1 aliphatic heterocycles. The van der Waals surface area contributed by atoms with Crippen LogP contribution in [-0.2, 0) is 20.2 Å². The third-order valence-corrected chi connectivity index (χ3v) is 6.81. The van der Waals surface area contributed by atoms with Crippen molar-refractivity contribution in [2.24, 2.45) is 0 Å². The minimum atomic E-state index is -4.98. The van der Waals surface area contributed by atoms with Gasteiger partial charge in [-0.2, -0.15) is 22.1 Å². The van der Waals surface area contributed by atoms with Crippen LogP contribution in [0.15, 0.2) is 12.1 Å². The second kappa shape index (κ2) is 6.14. The van der Waals surface area contributed by atoms with Crippen LogP contribution in [0.3, 0.4) is 0 Å². The zero-order chi connectivity index (χ0) is 17.4. The van der Waals surface area contributed by atoms with E-state index < -0.39 is 31.2 Å². The molecule has 23 heavy (non-hydrogen) atoms. The number of hydrogen-bond donors (Lipinski definition) is 2. The smallest absolute Gasteiger partial charge is 0.284 e. The molecule has 12 heteroatoms. The molecule has 0 amide bonds. The summed E-state index contributed by atoms with van der Waals surface area (Å²) in [5.74, 6) is 0. The number of anilines is 1. The second-order valence-corrected chi connectivity index (χ2v) is 8.65. The Kier molecular flexibility index (Phi) is 4.74. The highest BCUT2D eigenvalue weighted by Crippen LogP contribution is 2.36. The van der Waals surface area contributed by atoms with Crippen molar-refractivity contribution in [1.82, 2.24) is 5.32 Å². The lowest BCUT2D eigenvalue weighted by Gasteiger charge is -2.19. The van der Waals surface area contributed by atoms with Crippen LogP contribution < -0.4 is 10.2 Å². The third kappa shape index (κ3) is 3.85. The van der Waals surface area contributed by atoms with E-state index in [9.17, 15) is 16.8 Å². The molecule has 2 rings (SSSR count). The van der Waals surface area contributed by atoms with E-state index in [4.69, 9.17) is 26.0 Å². The van der Waals surface area contributed by atoms with Gasteiger partial charge in [-0.3, -0.25) is 14.4 Å². The molecule has 0 saturated carbocycles. The maximum absolute atomic E-state index is 11.1. The molecule has 1 aliphatic rings. The Morgan fingerprint density at radius 3 is 2.43 bits per heavy atom. The first-order valence-electron chi connectivity index (χ1n) is 6.12. The molecule has 0 unspecified atom stereocenters. The number of halogens is 1. The lowest BCUT2D eigenvalue weighted by atomic mass is 10.2. The zero-order valence-corrected chi connectivity index (χ0v) is 13.8. The lowest BCUT2D eigenvalue weighted by molar-refractivity contribution is 0.450. The summed E-state index contributed by atoms with van der Waals surface area (Å²) in [6.45, 7) is -0.0303. The van der Waals surface area contributed by atoms with Crippen LogP contribution in [0.25, 0.3) is 0 Å². The molecular formula is C11H11ClN3O6S2. The molecule has 1 heterocycles. The Bertz CT molecular complexity index is 846. The van der Waals surface area contributed by atoms with Crippen LogP contribution in [0.5, 0.6) is 0 Å². The molecule has 2 N–H and O–H groups in total. The van der Waals surface area contributed by atoms with Gasteiger partial charge in [0.25, 0.3) is 20.2 Å². The van der Waals surface area contributed by atoms with Crippen molar-refractivity contribution in [3.63, 3.8) is 0 Å². The normalized spacial score (nSPS) is 14.5. The summed E-state index contributed by atoms with van der Waals surface area (Å²) in [6, 6.07) is 4.81. The van der Waals surface area contributed by atoms with Crippen molar-refractivity contribution in [1.29, 1.82) is 5.26 Å². The zero-order valence-electron chi connectivity index (χ0n) is 11.4. The van der Waals surface area contributed by atoms with E-state index in [0.29, 0.717) is 11.4 Å². The summed E-state index contributed by atoms with van der Waals surface area (Å²) in [5.41, 5.74) is 1.15. The molecule has 0 aromatic heterocycles. The average Bonchev–Trinajstić information content (AvgIpc) is 2.77. The number of hydrogen-bond acceptors (Lipinski definition) is 6. The minimum Gasteiger partial charge on any atom is -0.350 e. The molecule has 0 fully saturated rings. The van der Waals surface area contributed by atoms with Crippen molar-refractivity contribution in [3.05, 3.63) is 22.7 Å². The maximum atomic E-state index is 11.1. The Hall–Kier alpha value is -1.58. The fourth-order valence-corrected chi connectivity index (χ4v) is 4.39. The topological polar surface area (TPSA) is 150 Å². The van der Waals surface area contributed by atoms with Crippen LogP contribution in [0.4, 0.5) is 11.4 Å². The molecular weight excluding hydrogens is 370 g/mol. The van der Waals surface area contributed by atoms with Gasteiger partial charge in [-0.15, -0.1) is 0 Å². The molecule has 0 spiro atoms. The van der Waals surface area contributed by atoms with E-state index in [2.05, 4.69) is 5.32 Å². The number of rotatable bonds is 5. The van der Waals surface area contributed by atoms with E-state index in [1.165, 1.54) is 17.0 Å². The highest BCUT2D eigenvalue weighted by atomic mass is 35.5. The highest BCUT2D eigenvalue weighted by Gasteiger charge is 2.36. The van der Waals surface area contributed by atoms with Crippen molar-refractivity contribution < 1.29 is 25.9 Å². The summed E-state index contributed by atoms with van der Waals surface area (Å²) >= 11 is 5.88. The molecule has 0 bridgehead atoms. The molecule has 0 atom stereocenters. The third-order valence-electron chi connectivity index (χ3n) is 3.24. The fourth-order valence-electron chi connectivity index (χ4n) is 2.16. The van der Waals surface area contributed by atoms with Gasteiger partial charge in [-0.05, 0) is 12.1 Å². The number of nitriles is 1. The van der Waals surface area contributed by atoms with E-state index in [1.807, 2.05) is 6.07 Å². The first-order chi connectivity index (χ1) is 10.5. The molecule has 125 valence electrons. The maximum Gasteiger partial charge on any atom is 0.284 e. The van der Waals surface area contributed by atoms with Crippen LogP contribution in [0, 0.1) is 11.3 Å². The molecule has 1 aromatic rings.